The van der Waals surface area contributed by atoms with E-state index in [-0.39, 0.29) is 35.9 Å². The third kappa shape index (κ3) is 9.10. The number of imide groups is 1. The van der Waals surface area contributed by atoms with Gasteiger partial charge in [0.2, 0.25) is 12.3 Å². The standard InChI is InChI=1S/C25H25N5O8S.C2H6/c1-36-19-10-6-17(7-11-19)13-26-25(34)29(15-31)21(12-16-4-8-18(9-5-16)30(35)38-3)22(32)28-24-27-20(14-39-24)23(33)37-2;1-2/h4-11,14-15,21H,12-13H2,1-3H3,(H-,26,27,28,32,34);1-2H3/p+1. The molecule has 13 nitrogen and oxygen atoms in total. The van der Waals surface area contributed by atoms with Crippen molar-refractivity contribution in [3.8, 4) is 5.75 Å². The van der Waals surface area contributed by atoms with Gasteiger partial charge in [0.25, 0.3) is 4.92 Å². The van der Waals surface area contributed by atoms with Crippen molar-refractivity contribution in [2.45, 2.75) is 32.9 Å². The van der Waals surface area contributed by atoms with Crippen molar-refractivity contribution in [3.05, 3.63) is 75.6 Å². The van der Waals surface area contributed by atoms with Crippen molar-refractivity contribution in [1.29, 1.82) is 0 Å². The second kappa shape index (κ2) is 16.3. The fraction of sp³-hybridized carbons (Fsp3) is 0.296. The molecule has 0 saturated carbocycles. The number of benzene rings is 2. The predicted octanol–water partition coefficient (Wildman–Crippen LogP) is 3.85. The van der Waals surface area contributed by atoms with Gasteiger partial charge < -0.3 is 20.1 Å². The first kappa shape index (κ1) is 32.4. The van der Waals surface area contributed by atoms with Gasteiger partial charge in [-0.3, -0.25) is 14.5 Å². The molecule has 3 aromatic rings. The van der Waals surface area contributed by atoms with Gasteiger partial charge in [0.05, 0.1) is 19.1 Å². The normalized spacial score (nSPS) is 10.7. The van der Waals surface area contributed by atoms with Gasteiger partial charge in [-0.25, -0.2) is 19.4 Å². The fourth-order valence-electron chi connectivity index (χ4n) is 3.39. The number of rotatable bonds is 12. The van der Waals surface area contributed by atoms with E-state index in [2.05, 4.69) is 25.2 Å². The van der Waals surface area contributed by atoms with E-state index in [1.165, 1.54) is 38.8 Å². The number of nitrogens with one attached hydrogen (secondary N) is 2. The van der Waals surface area contributed by atoms with Crippen LogP contribution in [0.1, 0.15) is 35.5 Å². The molecule has 1 heterocycles. The van der Waals surface area contributed by atoms with Crippen LogP contribution in [0.15, 0.2) is 53.9 Å². The molecule has 14 heteroatoms. The topological polar surface area (TPSA) is 156 Å². The molecule has 1 atom stereocenters. The van der Waals surface area contributed by atoms with Crippen LogP contribution in [0.5, 0.6) is 5.75 Å². The van der Waals surface area contributed by atoms with E-state index in [1.807, 2.05) is 13.8 Å². The molecule has 0 bridgehead atoms. The molecule has 218 valence electrons. The Hall–Kier alpha value is -4.85. The smallest absolute Gasteiger partial charge is 0.357 e. The SMILES string of the molecule is CC.COC(=O)c1csc(NC(=O)C(Cc2ccc([N+](=O)OC)cc2)N(C=O)C(=O)NCc2ccc(OC)cc2)n1. The number of esters is 1. The number of carbonyl (C=O) groups excluding carboxylic acids is 4. The molecule has 0 aliphatic carbocycles. The maximum atomic E-state index is 13.3. The summed E-state index contributed by atoms with van der Waals surface area (Å²) in [4.78, 5) is 71.4. The van der Waals surface area contributed by atoms with Crippen LogP contribution < -0.4 is 15.4 Å². The highest BCUT2D eigenvalue weighted by Crippen LogP contribution is 2.20. The number of urea groups is 1. The lowest BCUT2D eigenvalue weighted by molar-refractivity contribution is -0.736. The number of methoxy groups -OCH3 is 2. The molecular formula is C27H32N5O8S+. The van der Waals surface area contributed by atoms with Crippen molar-refractivity contribution < 1.29 is 38.4 Å². The molecule has 1 aromatic heterocycles. The predicted molar refractivity (Wildman–Crippen MR) is 151 cm³/mol. The molecule has 0 aliphatic heterocycles. The first-order chi connectivity index (χ1) is 19.8. The summed E-state index contributed by atoms with van der Waals surface area (Å²) in [7, 11) is 3.96. The first-order valence-electron chi connectivity index (χ1n) is 12.4. The Bertz CT molecular complexity index is 1330. The lowest BCUT2D eigenvalue weighted by atomic mass is 10.0. The summed E-state index contributed by atoms with van der Waals surface area (Å²) in [5.41, 5.74) is 1.50. The minimum atomic E-state index is -1.31. The van der Waals surface area contributed by atoms with Gasteiger partial charge in [-0.05, 0) is 23.3 Å². The summed E-state index contributed by atoms with van der Waals surface area (Å²) in [5, 5.41) is 6.65. The third-order valence-electron chi connectivity index (χ3n) is 5.46. The summed E-state index contributed by atoms with van der Waals surface area (Å²) in [6, 6.07) is 10.9. The van der Waals surface area contributed by atoms with Crippen LogP contribution in [0.4, 0.5) is 15.6 Å². The summed E-state index contributed by atoms with van der Waals surface area (Å²) in [5.74, 6) is -0.760. The minimum absolute atomic E-state index is 0.00488. The number of hydrogen-bond donors (Lipinski definition) is 2. The van der Waals surface area contributed by atoms with Crippen molar-refractivity contribution in [2.24, 2.45) is 0 Å². The van der Waals surface area contributed by atoms with Crippen molar-refractivity contribution in [3.63, 3.8) is 0 Å². The average molecular weight is 587 g/mol. The number of hydrogen-bond acceptors (Lipinski definition) is 10. The van der Waals surface area contributed by atoms with Gasteiger partial charge >= 0.3 is 17.7 Å². The Balaban J connectivity index is 0.00000287. The number of amides is 4. The highest BCUT2D eigenvalue weighted by molar-refractivity contribution is 7.14. The van der Waals surface area contributed by atoms with E-state index in [4.69, 9.17) is 4.74 Å². The molecule has 41 heavy (non-hydrogen) atoms. The van der Waals surface area contributed by atoms with Gasteiger partial charge in [-0.1, -0.05) is 38.1 Å². The van der Waals surface area contributed by atoms with E-state index < -0.39 is 23.9 Å². The van der Waals surface area contributed by atoms with Gasteiger partial charge in [-0.2, -0.15) is 0 Å². The van der Waals surface area contributed by atoms with Crippen LogP contribution in [0.25, 0.3) is 0 Å². The van der Waals surface area contributed by atoms with E-state index >= 15 is 0 Å². The number of anilines is 1. The third-order valence-corrected chi connectivity index (χ3v) is 6.22. The highest BCUT2D eigenvalue weighted by atomic mass is 32.1. The zero-order valence-corrected chi connectivity index (χ0v) is 24.1. The van der Waals surface area contributed by atoms with Crippen LogP contribution in [-0.4, -0.2) is 66.5 Å². The Labute approximate surface area is 240 Å². The quantitative estimate of drug-likeness (QED) is 0.183. The number of nitrogens with zero attached hydrogens (tertiary/aromatic N) is 3. The Morgan fingerprint density at radius 2 is 1.66 bits per heavy atom. The molecule has 0 spiro atoms. The molecule has 0 saturated heterocycles. The molecular weight excluding hydrogens is 554 g/mol. The zero-order chi connectivity index (χ0) is 30.4. The monoisotopic (exact) mass is 586 g/mol. The Morgan fingerprint density at radius 3 is 2.22 bits per heavy atom. The molecule has 1 unspecified atom stereocenters. The lowest BCUT2D eigenvalue weighted by Gasteiger charge is -2.26. The number of aromatic nitrogens is 1. The Kier molecular flexibility index (Phi) is 12.9. The van der Waals surface area contributed by atoms with Crippen LogP contribution >= 0.6 is 11.3 Å². The molecule has 2 aromatic carbocycles. The van der Waals surface area contributed by atoms with E-state index in [1.54, 1.807) is 36.4 Å². The molecule has 0 radical (unpaired) electrons. The maximum absolute atomic E-state index is 13.3. The van der Waals surface area contributed by atoms with Gasteiger partial charge in [-0.15, -0.1) is 11.3 Å². The summed E-state index contributed by atoms with van der Waals surface area (Å²) in [6.07, 6.45) is 0.176. The van der Waals surface area contributed by atoms with Crippen molar-refractivity contribution >= 4 is 46.5 Å². The number of carbonyl (C=O) groups is 4. The first-order valence-corrected chi connectivity index (χ1v) is 13.3. The van der Waals surface area contributed by atoms with Crippen LogP contribution in [0.3, 0.4) is 0 Å². The van der Waals surface area contributed by atoms with Crippen molar-refractivity contribution in [2.75, 3.05) is 26.6 Å². The molecule has 0 aliphatic rings. The summed E-state index contributed by atoms with van der Waals surface area (Å²) in [6.45, 7) is 4.08. The minimum Gasteiger partial charge on any atom is -0.497 e. The van der Waals surface area contributed by atoms with Crippen LogP contribution in [0, 0.1) is 4.91 Å². The van der Waals surface area contributed by atoms with Crippen molar-refractivity contribution in [1.82, 2.24) is 15.2 Å². The molecule has 0 fully saturated rings. The van der Waals surface area contributed by atoms with Crippen LogP contribution in [0.2, 0.25) is 0 Å². The largest absolute Gasteiger partial charge is 0.497 e. The summed E-state index contributed by atoms with van der Waals surface area (Å²) < 4.78 is 9.74. The molecule has 2 N–H and O–H groups in total. The second-order valence-electron chi connectivity index (χ2n) is 7.86. The molecule has 4 amide bonds. The zero-order valence-electron chi connectivity index (χ0n) is 23.3. The van der Waals surface area contributed by atoms with E-state index in [9.17, 15) is 24.1 Å². The van der Waals surface area contributed by atoms with Crippen LogP contribution in [-0.2, 0) is 32.1 Å². The fourth-order valence-corrected chi connectivity index (χ4v) is 4.08. The average Bonchev–Trinajstić information content (AvgIpc) is 3.49. The lowest BCUT2D eigenvalue weighted by Crippen LogP contribution is -2.51. The molecule has 3 rings (SSSR count). The second-order valence-corrected chi connectivity index (χ2v) is 8.72. The summed E-state index contributed by atoms with van der Waals surface area (Å²) >= 11 is 0.975. The number of ether oxygens (including phenoxy) is 2. The number of thiazole rings is 1. The van der Waals surface area contributed by atoms with Gasteiger partial charge in [0.15, 0.2) is 17.9 Å². The van der Waals surface area contributed by atoms with E-state index in [0.717, 1.165) is 21.8 Å². The maximum Gasteiger partial charge on any atom is 0.357 e. The Morgan fingerprint density at radius 1 is 1.02 bits per heavy atom. The van der Waals surface area contributed by atoms with Gasteiger partial charge in [0, 0.05) is 30.5 Å². The van der Waals surface area contributed by atoms with E-state index in [0.29, 0.717) is 16.2 Å². The highest BCUT2D eigenvalue weighted by Gasteiger charge is 2.31. The van der Waals surface area contributed by atoms with Gasteiger partial charge in [0.1, 0.15) is 11.8 Å².